The van der Waals surface area contributed by atoms with Crippen LogP contribution in [-0.2, 0) is 9.53 Å². The fourth-order valence-corrected chi connectivity index (χ4v) is 2.01. The van der Waals surface area contributed by atoms with Gasteiger partial charge in [0, 0.05) is 0 Å². The van der Waals surface area contributed by atoms with Crippen LogP contribution in [0.2, 0.25) is 5.02 Å². The smallest absolute Gasteiger partial charge is 0.328 e. The van der Waals surface area contributed by atoms with Gasteiger partial charge >= 0.3 is 5.97 Å². The normalized spacial score (nSPS) is 15.2. The van der Waals surface area contributed by atoms with Gasteiger partial charge in [-0.25, -0.2) is 0 Å². The van der Waals surface area contributed by atoms with Crippen LogP contribution in [0.3, 0.4) is 0 Å². The largest absolute Gasteiger partial charge is 0.486 e. The number of esters is 1. The first-order valence-corrected chi connectivity index (χ1v) is 5.76. The molecule has 1 heterocycles. The lowest BCUT2D eigenvalue weighted by atomic mass is 10.1. The summed E-state index contributed by atoms with van der Waals surface area (Å²) in [5.74, 6) is 0.433. The second-order valence-electron chi connectivity index (χ2n) is 3.41. The Morgan fingerprint density at radius 3 is 2.82 bits per heavy atom. The monoisotopic (exact) mass is 276 g/mol. The lowest BCUT2D eigenvalue weighted by molar-refractivity contribution is -0.140. The summed E-state index contributed by atoms with van der Waals surface area (Å²) in [6.45, 7) is 0.894. The van der Waals surface area contributed by atoms with E-state index in [0.29, 0.717) is 35.3 Å². The van der Waals surface area contributed by atoms with E-state index in [9.17, 15) is 4.79 Å². The van der Waals surface area contributed by atoms with Gasteiger partial charge in [0.1, 0.15) is 13.2 Å². The van der Waals surface area contributed by atoms with Gasteiger partial charge in [0.2, 0.25) is 0 Å². The standard InChI is InChI=1S/C11H10Cl2O4/c1-15-11(14)9(13)6-4-7(12)10-8(5-6)16-2-3-17-10/h4-5,9H,2-3H2,1H3. The van der Waals surface area contributed by atoms with Crippen molar-refractivity contribution in [3.8, 4) is 11.5 Å². The molecule has 1 atom stereocenters. The number of methoxy groups -OCH3 is 1. The van der Waals surface area contributed by atoms with Gasteiger partial charge in [-0.15, -0.1) is 11.6 Å². The van der Waals surface area contributed by atoms with E-state index < -0.39 is 11.3 Å². The lowest BCUT2D eigenvalue weighted by Crippen LogP contribution is -2.16. The number of fused-ring (bicyclic) bond motifs is 1. The summed E-state index contributed by atoms with van der Waals surface area (Å²) in [5, 5.41) is -0.542. The molecule has 0 fully saturated rings. The van der Waals surface area contributed by atoms with Crippen molar-refractivity contribution in [2.45, 2.75) is 5.38 Å². The highest BCUT2D eigenvalue weighted by molar-refractivity contribution is 6.33. The molecule has 2 rings (SSSR count). The van der Waals surface area contributed by atoms with E-state index >= 15 is 0 Å². The highest BCUT2D eigenvalue weighted by Gasteiger charge is 2.23. The lowest BCUT2D eigenvalue weighted by Gasteiger charge is -2.20. The number of hydrogen-bond donors (Lipinski definition) is 0. The molecule has 1 aliphatic heterocycles. The molecule has 92 valence electrons. The molecule has 1 aromatic rings. The van der Waals surface area contributed by atoms with E-state index in [4.69, 9.17) is 32.7 Å². The number of benzene rings is 1. The molecule has 0 saturated carbocycles. The minimum Gasteiger partial charge on any atom is -0.486 e. The van der Waals surface area contributed by atoms with Crippen molar-refractivity contribution in [2.24, 2.45) is 0 Å². The summed E-state index contributed by atoms with van der Waals surface area (Å²) in [5.41, 5.74) is 0.521. The predicted molar refractivity (Wildman–Crippen MR) is 63.1 cm³/mol. The van der Waals surface area contributed by atoms with E-state index in [1.807, 2.05) is 0 Å². The maximum absolute atomic E-state index is 11.3. The summed E-state index contributed by atoms with van der Waals surface area (Å²) in [7, 11) is 1.28. The Hall–Kier alpha value is -1.13. The van der Waals surface area contributed by atoms with Gasteiger partial charge in [0.25, 0.3) is 0 Å². The Bertz CT molecular complexity index is 447. The second kappa shape index (κ2) is 5.02. The van der Waals surface area contributed by atoms with E-state index in [0.717, 1.165) is 0 Å². The van der Waals surface area contributed by atoms with Gasteiger partial charge in [-0.3, -0.25) is 4.79 Å². The quantitative estimate of drug-likeness (QED) is 0.615. The molecule has 1 aliphatic rings. The van der Waals surface area contributed by atoms with Crippen molar-refractivity contribution in [3.63, 3.8) is 0 Å². The number of alkyl halides is 1. The first-order chi connectivity index (χ1) is 8.13. The Labute approximate surface area is 108 Å². The minimum absolute atomic E-state index is 0.367. The number of ether oxygens (including phenoxy) is 3. The van der Waals surface area contributed by atoms with E-state index in [1.165, 1.54) is 7.11 Å². The Kier molecular flexibility index (Phi) is 3.64. The molecule has 0 saturated heterocycles. The molecule has 1 unspecified atom stereocenters. The molecule has 0 aromatic heterocycles. The third-order valence-corrected chi connectivity index (χ3v) is 3.03. The SMILES string of the molecule is COC(=O)C(Cl)c1cc(Cl)c2c(c1)OCCO2. The van der Waals surface area contributed by atoms with Crippen LogP contribution >= 0.6 is 23.2 Å². The average molecular weight is 277 g/mol. The van der Waals surface area contributed by atoms with E-state index in [-0.39, 0.29) is 0 Å². The molecular formula is C11H10Cl2O4. The Balaban J connectivity index is 2.37. The van der Waals surface area contributed by atoms with Gasteiger partial charge in [-0.1, -0.05) is 11.6 Å². The third kappa shape index (κ3) is 2.42. The van der Waals surface area contributed by atoms with Crippen molar-refractivity contribution in [1.29, 1.82) is 0 Å². The molecule has 0 amide bonds. The zero-order chi connectivity index (χ0) is 12.4. The zero-order valence-electron chi connectivity index (χ0n) is 9.04. The molecule has 1 aromatic carbocycles. The van der Waals surface area contributed by atoms with Gasteiger partial charge in [0.15, 0.2) is 16.9 Å². The summed E-state index contributed by atoms with van der Waals surface area (Å²) in [6, 6.07) is 3.21. The first kappa shape index (κ1) is 12.3. The van der Waals surface area contributed by atoms with Crippen molar-refractivity contribution >= 4 is 29.2 Å². The maximum Gasteiger partial charge on any atom is 0.328 e. The summed E-state index contributed by atoms with van der Waals surface area (Å²) in [4.78, 5) is 11.3. The average Bonchev–Trinajstić information content (AvgIpc) is 2.37. The number of halogens is 2. The highest BCUT2D eigenvalue weighted by atomic mass is 35.5. The van der Waals surface area contributed by atoms with Crippen LogP contribution in [-0.4, -0.2) is 26.3 Å². The Morgan fingerprint density at radius 2 is 2.12 bits per heavy atom. The fourth-order valence-electron chi connectivity index (χ4n) is 1.52. The molecule has 4 nitrogen and oxygen atoms in total. The zero-order valence-corrected chi connectivity index (χ0v) is 10.5. The van der Waals surface area contributed by atoms with Crippen LogP contribution in [0.5, 0.6) is 11.5 Å². The molecule has 0 spiro atoms. The number of carbonyl (C=O) groups is 1. The van der Waals surface area contributed by atoms with Crippen LogP contribution < -0.4 is 9.47 Å². The topological polar surface area (TPSA) is 44.8 Å². The molecule has 6 heteroatoms. The third-order valence-electron chi connectivity index (χ3n) is 2.32. The first-order valence-electron chi connectivity index (χ1n) is 4.94. The number of carbonyl (C=O) groups excluding carboxylic acids is 1. The molecule has 17 heavy (non-hydrogen) atoms. The van der Waals surface area contributed by atoms with Crippen LogP contribution in [0.15, 0.2) is 12.1 Å². The van der Waals surface area contributed by atoms with E-state index in [2.05, 4.69) is 4.74 Å². The summed E-state index contributed by atoms with van der Waals surface area (Å²) >= 11 is 12.0. The molecule has 0 radical (unpaired) electrons. The highest BCUT2D eigenvalue weighted by Crippen LogP contribution is 2.40. The van der Waals surface area contributed by atoms with Gasteiger partial charge in [-0.2, -0.15) is 0 Å². The van der Waals surface area contributed by atoms with Gasteiger partial charge < -0.3 is 14.2 Å². The number of hydrogen-bond acceptors (Lipinski definition) is 4. The molecule has 0 aliphatic carbocycles. The second-order valence-corrected chi connectivity index (χ2v) is 4.26. The van der Waals surface area contributed by atoms with Gasteiger partial charge in [-0.05, 0) is 17.7 Å². The van der Waals surface area contributed by atoms with Crippen molar-refractivity contribution in [1.82, 2.24) is 0 Å². The molecule has 0 N–H and O–H groups in total. The van der Waals surface area contributed by atoms with Crippen molar-refractivity contribution in [3.05, 3.63) is 22.7 Å². The summed E-state index contributed by atoms with van der Waals surface area (Å²) in [6.07, 6.45) is 0. The van der Waals surface area contributed by atoms with E-state index in [1.54, 1.807) is 12.1 Å². The predicted octanol–water partition coefficient (Wildman–Crippen LogP) is 2.56. The van der Waals surface area contributed by atoms with Crippen LogP contribution in [0, 0.1) is 0 Å². The molecular weight excluding hydrogens is 267 g/mol. The Morgan fingerprint density at radius 1 is 1.41 bits per heavy atom. The van der Waals surface area contributed by atoms with Crippen LogP contribution in [0.4, 0.5) is 0 Å². The van der Waals surface area contributed by atoms with Crippen molar-refractivity contribution in [2.75, 3.05) is 20.3 Å². The van der Waals surface area contributed by atoms with Crippen LogP contribution in [0.25, 0.3) is 0 Å². The van der Waals surface area contributed by atoms with Gasteiger partial charge in [0.05, 0.1) is 12.1 Å². The van der Waals surface area contributed by atoms with Crippen LogP contribution in [0.1, 0.15) is 10.9 Å². The summed E-state index contributed by atoms with van der Waals surface area (Å²) < 4.78 is 15.3. The maximum atomic E-state index is 11.3. The molecule has 0 bridgehead atoms. The minimum atomic E-state index is -0.909. The fraction of sp³-hybridized carbons (Fsp3) is 0.364. The number of rotatable bonds is 2. The van der Waals surface area contributed by atoms with Crippen molar-refractivity contribution < 1.29 is 19.0 Å².